The van der Waals surface area contributed by atoms with E-state index in [2.05, 4.69) is 45.0 Å². The SMILES string of the molecule is CCC(C)(C)c1ccc(C2CC2C(=O)CCCC(=N)N)cc1. The lowest BCUT2D eigenvalue weighted by Crippen LogP contribution is -2.15. The van der Waals surface area contributed by atoms with Crippen LogP contribution in [0, 0.1) is 11.3 Å². The van der Waals surface area contributed by atoms with Crippen LogP contribution in [-0.4, -0.2) is 11.6 Å². The van der Waals surface area contributed by atoms with Crippen LogP contribution in [0.4, 0.5) is 0 Å². The summed E-state index contributed by atoms with van der Waals surface area (Å²) in [5.41, 5.74) is 8.19. The molecule has 0 bridgehead atoms. The van der Waals surface area contributed by atoms with Crippen LogP contribution in [0.5, 0.6) is 0 Å². The van der Waals surface area contributed by atoms with Crippen molar-refractivity contribution in [2.24, 2.45) is 11.7 Å². The van der Waals surface area contributed by atoms with Gasteiger partial charge in [0.25, 0.3) is 0 Å². The maximum Gasteiger partial charge on any atom is 0.136 e. The number of benzene rings is 1. The molecule has 0 amide bonds. The molecule has 1 aromatic carbocycles. The maximum absolute atomic E-state index is 12.1. The number of hydrogen-bond acceptors (Lipinski definition) is 2. The molecular weight excluding hydrogens is 272 g/mol. The molecule has 3 nitrogen and oxygen atoms in total. The molecule has 2 atom stereocenters. The first-order chi connectivity index (χ1) is 10.3. The van der Waals surface area contributed by atoms with Gasteiger partial charge < -0.3 is 5.73 Å². The lowest BCUT2D eigenvalue weighted by Gasteiger charge is -2.23. The summed E-state index contributed by atoms with van der Waals surface area (Å²) in [5, 5.41) is 7.19. The van der Waals surface area contributed by atoms with Gasteiger partial charge in [0.05, 0.1) is 5.84 Å². The molecule has 1 aromatic rings. The van der Waals surface area contributed by atoms with Crippen molar-refractivity contribution in [3.63, 3.8) is 0 Å². The summed E-state index contributed by atoms with van der Waals surface area (Å²) < 4.78 is 0. The van der Waals surface area contributed by atoms with Gasteiger partial charge >= 0.3 is 0 Å². The van der Waals surface area contributed by atoms with E-state index in [4.69, 9.17) is 11.1 Å². The van der Waals surface area contributed by atoms with Crippen LogP contribution >= 0.6 is 0 Å². The smallest absolute Gasteiger partial charge is 0.136 e. The van der Waals surface area contributed by atoms with Gasteiger partial charge in [0.15, 0.2) is 0 Å². The first kappa shape index (κ1) is 16.7. The summed E-state index contributed by atoms with van der Waals surface area (Å²) >= 11 is 0. The van der Waals surface area contributed by atoms with Crippen LogP contribution in [0.25, 0.3) is 0 Å². The molecule has 3 N–H and O–H groups in total. The average Bonchev–Trinajstić information content (AvgIpc) is 3.27. The Balaban J connectivity index is 1.90. The summed E-state index contributed by atoms with van der Waals surface area (Å²) in [7, 11) is 0. The molecule has 0 heterocycles. The molecule has 2 unspecified atom stereocenters. The summed E-state index contributed by atoms with van der Waals surface area (Å²) in [6.07, 6.45) is 3.90. The number of carbonyl (C=O) groups is 1. The molecule has 0 spiro atoms. The van der Waals surface area contributed by atoms with Gasteiger partial charge in [-0.2, -0.15) is 0 Å². The van der Waals surface area contributed by atoms with Crippen LogP contribution < -0.4 is 5.73 Å². The second-order valence-electron chi connectivity index (χ2n) is 7.15. The Hall–Kier alpha value is -1.64. The summed E-state index contributed by atoms with van der Waals surface area (Å²) in [5.74, 6) is 1.11. The highest BCUT2D eigenvalue weighted by Crippen LogP contribution is 2.49. The second kappa shape index (κ2) is 6.64. The van der Waals surface area contributed by atoms with Gasteiger partial charge in [-0.25, -0.2) is 0 Å². The van der Waals surface area contributed by atoms with Crippen molar-refractivity contribution in [1.29, 1.82) is 5.41 Å². The van der Waals surface area contributed by atoms with E-state index < -0.39 is 0 Å². The Labute approximate surface area is 133 Å². The van der Waals surface area contributed by atoms with E-state index in [9.17, 15) is 4.79 Å². The minimum atomic E-state index is 0.175. The van der Waals surface area contributed by atoms with Gasteiger partial charge in [0.1, 0.15) is 5.78 Å². The normalized spacial score (nSPS) is 20.7. The largest absolute Gasteiger partial charge is 0.388 e. The van der Waals surface area contributed by atoms with Gasteiger partial charge in [-0.05, 0) is 41.7 Å². The van der Waals surface area contributed by atoms with E-state index in [0.29, 0.717) is 31.0 Å². The minimum absolute atomic E-state index is 0.175. The highest BCUT2D eigenvalue weighted by atomic mass is 16.1. The van der Waals surface area contributed by atoms with Gasteiger partial charge in [0.2, 0.25) is 0 Å². The zero-order chi connectivity index (χ0) is 16.3. The number of nitrogens with one attached hydrogen (secondary N) is 1. The molecule has 1 aliphatic carbocycles. The minimum Gasteiger partial charge on any atom is -0.388 e. The molecule has 3 heteroatoms. The van der Waals surface area contributed by atoms with Crippen LogP contribution in [0.15, 0.2) is 24.3 Å². The Kier molecular flexibility index (Phi) is 5.05. The van der Waals surface area contributed by atoms with Crippen molar-refractivity contribution in [3.8, 4) is 0 Å². The Morgan fingerprint density at radius 2 is 1.91 bits per heavy atom. The molecule has 22 heavy (non-hydrogen) atoms. The zero-order valence-corrected chi connectivity index (χ0v) is 14.0. The molecule has 2 rings (SSSR count). The summed E-state index contributed by atoms with van der Waals surface area (Å²) in [6.45, 7) is 6.74. The third-order valence-electron chi connectivity index (χ3n) is 5.08. The van der Waals surface area contributed by atoms with E-state index >= 15 is 0 Å². The molecule has 0 aromatic heterocycles. The monoisotopic (exact) mass is 300 g/mol. The van der Waals surface area contributed by atoms with Crippen molar-refractivity contribution in [2.45, 2.75) is 64.2 Å². The van der Waals surface area contributed by atoms with Gasteiger partial charge in [0, 0.05) is 18.8 Å². The fraction of sp³-hybridized carbons (Fsp3) is 0.579. The van der Waals surface area contributed by atoms with E-state index in [0.717, 1.165) is 12.8 Å². The highest BCUT2D eigenvalue weighted by Gasteiger charge is 2.43. The van der Waals surface area contributed by atoms with Crippen molar-refractivity contribution < 1.29 is 4.79 Å². The van der Waals surface area contributed by atoms with Gasteiger partial charge in [-0.15, -0.1) is 0 Å². The van der Waals surface area contributed by atoms with Crippen molar-refractivity contribution in [3.05, 3.63) is 35.4 Å². The van der Waals surface area contributed by atoms with Crippen molar-refractivity contribution in [1.82, 2.24) is 0 Å². The summed E-state index contributed by atoms with van der Waals surface area (Å²) in [6, 6.07) is 8.82. The van der Waals surface area contributed by atoms with E-state index in [1.54, 1.807) is 0 Å². The molecule has 0 saturated heterocycles. The Bertz CT molecular complexity index is 545. The fourth-order valence-corrected chi connectivity index (χ4v) is 2.94. The quantitative estimate of drug-likeness (QED) is 0.559. The number of rotatable bonds is 8. The van der Waals surface area contributed by atoms with Crippen LogP contribution in [-0.2, 0) is 10.2 Å². The first-order valence-corrected chi connectivity index (χ1v) is 8.31. The molecule has 120 valence electrons. The van der Waals surface area contributed by atoms with Crippen LogP contribution in [0.2, 0.25) is 0 Å². The number of nitrogens with two attached hydrogens (primary N) is 1. The highest BCUT2D eigenvalue weighted by molar-refractivity contribution is 5.85. The molecule has 1 fully saturated rings. The van der Waals surface area contributed by atoms with Crippen LogP contribution in [0.1, 0.15) is 69.9 Å². The van der Waals surface area contributed by atoms with Crippen molar-refractivity contribution >= 4 is 11.6 Å². The maximum atomic E-state index is 12.1. The predicted octanol–water partition coefficient (Wildman–Crippen LogP) is 4.15. The van der Waals surface area contributed by atoms with Crippen molar-refractivity contribution in [2.75, 3.05) is 0 Å². The van der Waals surface area contributed by atoms with Crippen LogP contribution in [0.3, 0.4) is 0 Å². The number of ketones is 1. The number of hydrogen-bond donors (Lipinski definition) is 2. The third kappa shape index (κ3) is 3.96. The number of Topliss-reactive ketones (excluding diaryl/α,β-unsaturated/α-hetero) is 1. The average molecular weight is 300 g/mol. The molecule has 0 aliphatic heterocycles. The van der Waals surface area contributed by atoms with Gasteiger partial charge in [-0.1, -0.05) is 45.0 Å². The predicted molar refractivity (Wildman–Crippen MR) is 91.4 cm³/mol. The Morgan fingerprint density at radius 3 is 2.45 bits per heavy atom. The van der Waals surface area contributed by atoms with Gasteiger partial charge in [-0.3, -0.25) is 10.2 Å². The lowest BCUT2D eigenvalue weighted by molar-refractivity contribution is -0.120. The molecule has 0 radical (unpaired) electrons. The molecular formula is C19H28N2O. The summed E-state index contributed by atoms with van der Waals surface area (Å²) in [4.78, 5) is 12.1. The second-order valence-corrected chi connectivity index (χ2v) is 7.15. The number of amidine groups is 1. The third-order valence-corrected chi connectivity index (χ3v) is 5.08. The van der Waals surface area contributed by atoms with E-state index in [1.165, 1.54) is 11.1 Å². The molecule has 1 aliphatic rings. The first-order valence-electron chi connectivity index (χ1n) is 8.31. The molecule has 1 saturated carbocycles. The topological polar surface area (TPSA) is 66.9 Å². The van der Waals surface area contributed by atoms with E-state index in [-0.39, 0.29) is 17.2 Å². The Morgan fingerprint density at radius 1 is 1.27 bits per heavy atom. The standard InChI is InChI=1S/C19H28N2O/c1-4-19(2,3)14-10-8-13(9-11-14)15-12-16(15)17(22)6-5-7-18(20)21/h8-11,15-16H,4-7,12H2,1-3H3,(H3,20,21). The zero-order valence-electron chi connectivity index (χ0n) is 14.0. The van der Waals surface area contributed by atoms with E-state index in [1.807, 2.05) is 0 Å². The lowest BCUT2D eigenvalue weighted by atomic mass is 9.82. The fourth-order valence-electron chi connectivity index (χ4n) is 2.94. The number of carbonyl (C=O) groups excluding carboxylic acids is 1.